The van der Waals surface area contributed by atoms with E-state index >= 15 is 0 Å². The summed E-state index contributed by atoms with van der Waals surface area (Å²) in [5.41, 5.74) is 14.5. The Morgan fingerprint density at radius 1 is 1.14 bits per heavy atom. The maximum absolute atomic E-state index is 13.0. The molecule has 3 rings (SSSR count). The lowest BCUT2D eigenvalue weighted by Gasteiger charge is -2.31. The molecule has 0 bridgehead atoms. The predicted molar refractivity (Wildman–Crippen MR) is 105 cm³/mol. The number of primary amides is 2. The molecular weight excluding hydrogens is 356 g/mol. The molecule has 3 amide bonds. The average molecular weight is 380 g/mol. The van der Waals surface area contributed by atoms with Gasteiger partial charge in [-0.2, -0.15) is 0 Å². The van der Waals surface area contributed by atoms with E-state index in [0.717, 1.165) is 17.7 Å². The van der Waals surface area contributed by atoms with Crippen LogP contribution in [-0.2, 0) is 4.79 Å². The summed E-state index contributed by atoms with van der Waals surface area (Å²) in [6.07, 6.45) is 1.44. The van der Waals surface area contributed by atoms with Gasteiger partial charge in [-0.1, -0.05) is 12.1 Å². The zero-order valence-electron chi connectivity index (χ0n) is 16.1. The van der Waals surface area contributed by atoms with Crippen molar-refractivity contribution in [1.82, 2.24) is 9.88 Å². The first kappa shape index (κ1) is 19.5. The van der Waals surface area contributed by atoms with Crippen LogP contribution in [0.3, 0.4) is 0 Å². The topological polar surface area (TPSA) is 119 Å². The first-order chi connectivity index (χ1) is 13.3. The highest BCUT2D eigenvalue weighted by atomic mass is 16.2. The van der Waals surface area contributed by atoms with Crippen molar-refractivity contribution in [2.24, 2.45) is 17.4 Å². The second-order valence-electron chi connectivity index (χ2n) is 7.22. The quantitative estimate of drug-likeness (QED) is 0.840. The van der Waals surface area contributed by atoms with Crippen LogP contribution in [0.5, 0.6) is 0 Å². The molecule has 1 aliphatic rings. The Balaban J connectivity index is 1.95. The van der Waals surface area contributed by atoms with E-state index in [1.807, 2.05) is 13.8 Å². The van der Waals surface area contributed by atoms with E-state index < -0.39 is 5.91 Å². The van der Waals surface area contributed by atoms with E-state index in [9.17, 15) is 14.4 Å². The van der Waals surface area contributed by atoms with Crippen LogP contribution in [0.1, 0.15) is 44.8 Å². The normalized spacial score (nSPS) is 16.6. The number of carbonyl (C=O) groups is 3. The lowest BCUT2D eigenvalue weighted by molar-refractivity contribution is -0.123. The molecule has 0 radical (unpaired) electrons. The van der Waals surface area contributed by atoms with Crippen LogP contribution in [0.15, 0.2) is 30.3 Å². The molecule has 2 heterocycles. The highest BCUT2D eigenvalue weighted by Gasteiger charge is 2.27. The second-order valence-corrected chi connectivity index (χ2v) is 7.22. The van der Waals surface area contributed by atoms with Gasteiger partial charge in [0.15, 0.2) is 0 Å². The summed E-state index contributed by atoms with van der Waals surface area (Å²) in [5.74, 6) is -1.43. The van der Waals surface area contributed by atoms with Gasteiger partial charge in [-0.3, -0.25) is 19.4 Å². The third kappa shape index (κ3) is 3.88. The molecule has 1 atom stereocenters. The Hall–Kier alpha value is -3.22. The minimum Gasteiger partial charge on any atom is -0.369 e. The molecule has 7 heteroatoms. The van der Waals surface area contributed by atoms with Crippen molar-refractivity contribution in [3.63, 3.8) is 0 Å². The van der Waals surface area contributed by atoms with E-state index in [0.29, 0.717) is 41.9 Å². The number of aromatic nitrogens is 1. The molecule has 0 spiro atoms. The molecule has 0 aliphatic carbocycles. The van der Waals surface area contributed by atoms with Gasteiger partial charge < -0.3 is 16.4 Å². The second kappa shape index (κ2) is 7.80. The van der Waals surface area contributed by atoms with Gasteiger partial charge in [0.05, 0.1) is 17.2 Å². The van der Waals surface area contributed by atoms with Gasteiger partial charge in [-0.25, -0.2) is 0 Å². The van der Waals surface area contributed by atoms with Crippen LogP contribution < -0.4 is 11.5 Å². The van der Waals surface area contributed by atoms with Gasteiger partial charge >= 0.3 is 0 Å². The number of likely N-dealkylation sites (tertiary alicyclic amines) is 1. The van der Waals surface area contributed by atoms with Gasteiger partial charge in [0.1, 0.15) is 0 Å². The van der Waals surface area contributed by atoms with Crippen LogP contribution >= 0.6 is 0 Å². The standard InChI is InChI=1S/C21H24N4O3/c1-12-9-17(20(23)27)18(24-13(12)2)14-5-3-6-15(10-14)21(28)25-8-4-7-16(11-25)19(22)26/h3,5-6,9-10,16H,4,7-8,11H2,1-2H3,(H2,22,26)(H2,23,27). The Morgan fingerprint density at radius 2 is 1.89 bits per heavy atom. The lowest BCUT2D eigenvalue weighted by atomic mass is 9.96. The molecule has 146 valence electrons. The van der Waals surface area contributed by atoms with Crippen molar-refractivity contribution >= 4 is 17.7 Å². The Bertz CT molecular complexity index is 955. The van der Waals surface area contributed by atoms with Gasteiger partial charge in [0, 0.05) is 29.9 Å². The molecule has 2 aromatic rings. The maximum Gasteiger partial charge on any atom is 0.253 e. The minimum absolute atomic E-state index is 0.169. The van der Waals surface area contributed by atoms with Gasteiger partial charge in [-0.15, -0.1) is 0 Å². The number of amides is 3. The number of aryl methyl sites for hydroxylation is 2. The molecule has 1 fully saturated rings. The SMILES string of the molecule is Cc1cc(C(N)=O)c(-c2cccc(C(=O)N3CCCC(C(N)=O)C3)c2)nc1C. The zero-order chi connectivity index (χ0) is 20.4. The van der Waals surface area contributed by atoms with Crippen molar-refractivity contribution in [3.05, 3.63) is 52.7 Å². The summed E-state index contributed by atoms with van der Waals surface area (Å²) < 4.78 is 0. The van der Waals surface area contributed by atoms with Gasteiger partial charge in [0.25, 0.3) is 11.8 Å². The number of pyridine rings is 1. The molecule has 1 saturated heterocycles. The summed E-state index contributed by atoms with van der Waals surface area (Å²) in [4.78, 5) is 42.5. The molecule has 1 aliphatic heterocycles. The van der Waals surface area contributed by atoms with E-state index in [2.05, 4.69) is 4.98 Å². The molecule has 7 nitrogen and oxygen atoms in total. The zero-order valence-corrected chi connectivity index (χ0v) is 16.1. The summed E-state index contributed by atoms with van der Waals surface area (Å²) >= 11 is 0. The van der Waals surface area contributed by atoms with E-state index in [4.69, 9.17) is 11.5 Å². The Kier molecular flexibility index (Phi) is 5.44. The van der Waals surface area contributed by atoms with Crippen molar-refractivity contribution in [2.45, 2.75) is 26.7 Å². The van der Waals surface area contributed by atoms with Crippen LogP contribution in [0.2, 0.25) is 0 Å². The number of hydrogen-bond donors (Lipinski definition) is 2. The number of carbonyl (C=O) groups excluding carboxylic acids is 3. The summed E-state index contributed by atoms with van der Waals surface area (Å²) in [7, 11) is 0. The minimum atomic E-state index is -0.567. The predicted octanol–water partition coefficient (Wildman–Crippen LogP) is 1.80. The van der Waals surface area contributed by atoms with E-state index in [-0.39, 0.29) is 17.7 Å². The highest BCUT2D eigenvalue weighted by molar-refractivity contribution is 6.00. The van der Waals surface area contributed by atoms with Crippen LogP contribution in [0.25, 0.3) is 11.3 Å². The van der Waals surface area contributed by atoms with Gasteiger partial charge in [0.2, 0.25) is 5.91 Å². The number of nitrogens with two attached hydrogens (primary N) is 2. The molecule has 4 N–H and O–H groups in total. The first-order valence-electron chi connectivity index (χ1n) is 9.25. The van der Waals surface area contributed by atoms with Crippen molar-refractivity contribution in [3.8, 4) is 11.3 Å². The maximum atomic E-state index is 13.0. The molecule has 1 unspecified atom stereocenters. The largest absolute Gasteiger partial charge is 0.369 e. The van der Waals surface area contributed by atoms with Crippen molar-refractivity contribution in [2.75, 3.05) is 13.1 Å². The van der Waals surface area contributed by atoms with Crippen molar-refractivity contribution < 1.29 is 14.4 Å². The molecule has 28 heavy (non-hydrogen) atoms. The van der Waals surface area contributed by atoms with Crippen LogP contribution in [0.4, 0.5) is 0 Å². The molecular formula is C21H24N4O3. The van der Waals surface area contributed by atoms with E-state index in [1.54, 1.807) is 35.2 Å². The third-order valence-corrected chi connectivity index (χ3v) is 5.23. The first-order valence-corrected chi connectivity index (χ1v) is 9.25. The van der Waals surface area contributed by atoms with Crippen LogP contribution in [0, 0.1) is 19.8 Å². The lowest BCUT2D eigenvalue weighted by Crippen LogP contribution is -2.44. The number of rotatable bonds is 4. The number of hydrogen-bond acceptors (Lipinski definition) is 4. The monoisotopic (exact) mass is 380 g/mol. The number of benzene rings is 1. The summed E-state index contributed by atoms with van der Waals surface area (Å²) in [6.45, 7) is 4.63. The fourth-order valence-corrected chi connectivity index (χ4v) is 3.49. The van der Waals surface area contributed by atoms with E-state index in [1.165, 1.54) is 0 Å². The fourth-order valence-electron chi connectivity index (χ4n) is 3.49. The Morgan fingerprint density at radius 3 is 2.57 bits per heavy atom. The van der Waals surface area contributed by atoms with Crippen LogP contribution in [-0.4, -0.2) is 40.7 Å². The van der Waals surface area contributed by atoms with Gasteiger partial charge in [-0.05, 0) is 50.5 Å². The summed E-state index contributed by atoms with van der Waals surface area (Å²) in [6, 6.07) is 8.68. The molecule has 1 aromatic carbocycles. The Labute approximate surface area is 163 Å². The van der Waals surface area contributed by atoms with Crippen molar-refractivity contribution in [1.29, 1.82) is 0 Å². The fraction of sp³-hybridized carbons (Fsp3) is 0.333. The molecule has 1 aromatic heterocycles. The smallest absolute Gasteiger partial charge is 0.253 e. The summed E-state index contributed by atoms with van der Waals surface area (Å²) in [5, 5.41) is 0. The average Bonchev–Trinajstić information content (AvgIpc) is 2.69. The highest BCUT2D eigenvalue weighted by Crippen LogP contribution is 2.26. The number of piperidine rings is 1. The number of nitrogens with zero attached hydrogens (tertiary/aromatic N) is 2. The third-order valence-electron chi connectivity index (χ3n) is 5.23. The molecule has 0 saturated carbocycles.